The maximum Gasteiger partial charge on any atom is 0.246 e. The van der Waals surface area contributed by atoms with Crippen molar-refractivity contribution in [3.63, 3.8) is 0 Å². The van der Waals surface area contributed by atoms with Gasteiger partial charge in [-0.2, -0.15) is 4.98 Å². The lowest BCUT2D eigenvalue weighted by Crippen LogP contribution is -2.47. The average molecular weight is 374 g/mol. The van der Waals surface area contributed by atoms with Gasteiger partial charge in [0.1, 0.15) is 5.60 Å². The van der Waals surface area contributed by atoms with Gasteiger partial charge in [0.05, 0.1) is 31.0 Å². The fourth-order valence-electron chi connectivity index (χ4n) is 4.38. The summed E-state index contributed by atoms with van der Waals surface area (Å²) < 4.78 is 11.4. The molecule has 0 N–H and O–H groups in total. The number of hydrogen-bond donors (Lipinski definition) is 0. The third kappa shape index (κ3) is 2.69. The van der Waals surface area contributed by atoms with Gasteiger partial charge in [-0.15, -0.1) is 0 Å². The lowest BCUT2D eigenvalue weighted by Gasteiger charge is -2.34. The van der Waals surface area contributed by atoms with Gasteiger partial charge in [-0.25, -0.2) is 0 Å². The molecule has 146 valence electrons. The van der Waals surface area contributed by atoms with Crippen LogP contribution in [0.4, 0.5) is 0 Å². The normalized spacial score (nSPS) is 31.7. The van der Waals surface area contributed by atoms with E-state index in [1.54, 1.807) is 11.9 Å². The molecule has 2 bridgehead atoms. The van der Waals surface area contributed by atoms with Gasteiger partial charge in [-0.05, 0) is 20.8 Å². The van der Waals surface area contributed by atoms with Crippen molar-refractivity contribution in [2.75, 3.05) is 13.6 Å². The SMILES string of the molecule is CCc1noc(CN(C)C(=O)[C@H]2[C@@H]3C=C[C@@]4(CN(C(C)(C)C)C(=O)[C@@H]24)O3)n1. The topological polar surface area (TPSA) is 88.8 Å². The highest BCUT2D eigenvalue weighted by atomic mass is 16.5. The van der Waals surface area contributed by atoms with E-state index in [1.165, 1.54) is 0 Å². The number of rotatable bonds is 4. The summed E-state index contributed by atoms with van der Waals surface area (Å²) in [6, 6.07) is 0. The quantitative estimate of drug-likeness (QED) is 0.735. The molecule has 0 aliphatic carbocycles. The molecular weight excluding hydrogens is 348 g/mol. The number of likely N-dealkylation sites (tertiary alicyclic amines) is 1. The van der Waals surface area contributed by atoms with E-state index in [-0.39, 0.29) is 30.0 Å². The molecular formula is C19H26N4O4. The summed E-state index contributed by atoms with van der Waals surface area (Å²) in [6.07, 6.45) is 4.21. The Bertz CT molecular complexity index is 811. The minimum Gasteiger partial charge on any atom is -0.360 e. The Balaban J connectivity index is 1.56. The van der Waals surface area contributed by atoms with Crippen LogP contribution in [0, 0.1) is 11.8 Å². The molecule has 2 amide bonds. The van der Waals surface area contributed by atoms with Crippen molar-refractivity contribution in [1.82, 2.24) is 19.9 Å². The second kappa shape index (κ2) is 5.89. The minimum absolute atomic E-state index is 0.00726. The lowest BCUT2D eigenvalue weighted by molar-refractivity contribution is -0.144. The van der Waals surface area contributed by atoms with Gasteiger partial charge in [-0.3, -0.25) is 9.59 Å². The summed E-state index contributed by atoms with van der Waals surface area (Å²) in [5, 5.41) is 3.86. The molecule has 0 unspecified atom stereocenters. The maximum atomic E-state index is 13.2. The highest BCUT2D eigenvalue weighted by Gasteiger charge is 2.68. The summed E-state index contributed by atoms with van der Waals surface area (Å²) in [6.45, 7) is 8.65. The van der Waals surface area contributed by atoms with Crippen LogP contribution in [0.2, 0.25) is 0 Å². The summed E-state index contributed by atoms with van der Waals surface area (Å²) in [7, 11) is 1.70. The maximum absolute atomic E-state index is 13.2. The molecule has 4 rings (SSSR count). The molecule has 1 spiro atoms. The number of aryl methyl sites for hydroxylation is 1. The van der Waals surface area contributed by atoms with Crippen molar-refractivity contribution in [3.8, 4) is 0 Å². The Morgan fingerprint density at radius 1 is 1.44 bits per heavy atom. The highest BCUT2D eigenvalue weighted by Crippen LogP contribution is 2.53. The van der Waals surface area contributed by atoms with Gasteiger partial charge in [0.2, 0.25) is 17.7 Å². The number of ether oxygens (including phenoxy) is 1. The average Bonchev–Trinajstić information content (AvgIpc) is 3.34. The molecule has 0 radical (unpaired) electrons. The molecule has 1 aromatic rings. The van der Waals surface area contributed by atoms with E-state index >= 15 is 0 Å². The van der Waals surface area contributed by atoms with Crippen molar-refractivity contribution in [2.45, 2.75) is 57.9 Å². The highest BCUT2D eigenvalue weighted by molar-refractivity contribution is 5.93. The Morgan fingerprint density at radius 2 is 2.19 bits per heavy atom. The number of nitrogens with zero attached hydrogens (tertiary/aromatic N) is 4. The molecule has 8 heteroatoms. The van der Waals surface area contributed by atoms with Gasteiger partial charge in [0.25, 0.3) is 0 Å². The standard InChI is InChI=1S/C19H26N4O4/c1-6-12-20-13(27-21-12)9-22(5)16(24)14-11-7-8-19(26-11)10-23(18(2,3)4)17(25)15(14)19/h7-8,11,14-15H,6,9-10H2,1-5H3/t11-,14-,15+,19-/m0/s1. The lowest BCUT2D eigenvalue weighted by atomic mass is 9.76. The first-order chi connectivity index (χ1) is 12.7. The van der Waals surface area contributed by atoms with Gasteiger partial charge in [-0.1, -0.05) is 24.2 Å². The molecule has 27 heavy (non-hydrogen) atoms. The fourth-order valence-corrected chi connectivity index (χ4v) is 4.38. The van der Waals surface area contributed by atoms with Crippen molar-refractivity contribution in [1.29, 1.82) is 0 Å². The third-order valence-electron chi connectivity index (χ3n) is 5.77. The number of aromatic nitrogens is 2. The zero-order valence-corrected chi connectivity index (χ0v) is 16.4. The summed E-state index contributed by atoms with van der Waals surface area (Å²) in [5.41, 5.74) is -0.999. The van der Waals surface area contributed by atoms with Gasteiger partial charge in [0.15, 0.2) is 5.82 Å². The largest absolute Gasteiger partial charge is 0.360 e. The van der Waals surface area contributed by atoms with Crippen LogP contribution in [0.5, 0.6) is 0 Å². The number of carbonyl (C=O) groups is 2. The summed E-state index contributed by atoms with van der Waals surface area (Å²) >= 11 is 0. The van der Waals surface area contributed by atoms with Crippen molar-refractivity contribution >= 4 is 11.8 Å². The molecule has 0 aromatic carbocycles. The Hall–Kier alpha value is -2.22. The van der Waals surface area contributed by atoms with Crippen molar-refractivity contribution < 1.29 is 18.8 Å². The predicted molar refractivity (Wildman–Crippen MR) is 95.3 cm³/mol. The first kappa shape index (κ1) is 18.2. The molecule has 4 heterocycles. The molecule has 0 saturated carbocycles. The van der Waals surface area contributed by atoms with Crippen LogP contribution in [0.1, 0.15) is 39.4 Å². The zero-order chi connectivity index (χ0) is 19.6. The third-order valence-corrected chi connectivity index (χ3v) is 5.77. The van der Waals surface area contributed by atoms with Crippen molar-refractivity contribution in [2.24, 2.45) is 11.8 Å². The van der Waals surface area contributed by atoms with Crippen LogP contribution in [0.25, 0.3) is 0 Å². The van der Waals surface area contributed by atoms with Crippen LogP contribution in [-0.2, 0) is 27.3 Å². The van der Waals surface area contributed by atoms with Crippen LogP contribution in [0.15, 0.2) is 16.7 Å². The first-order valence-electron chi connectivity index (χ1n) is 9.41. The van der Waals surface area contributed by atoms with Crippen LogP contribution >= 0.6 is 0 Å². The second-order valence-corrected chi connectivity index (χ2v) is 8.65. The smallest absolute Gasteiger partial charge is 0.246 e. The molecule has 4 atom stereocenters. The van der Waals surface area contributed by atoms with Gasteiger partial charge in [0, 0.05) is 19.0 Å². The Morgan fingerprint density at radius 3 is 2.81 bits per heavy atom. The summed E-state index contributed by atoms with van der Waals surface area (Å²) in [5.74, 6) is -0.124. The zero-order valence-electron chi connectivity index (χ0n) is 16.4. The van der Waals surface area contributed by atoms with Crippen LogP contribution in [0.3, 0.4) is 0 Å². The van der Waals surface area contributed by atoms with Crippen molar-refractivity contribution in [3.05, 3.63) is 23.9 Å². The van der Waals surface area contributed by atoms with E-state index in [9.17, 15) is 9.59 Å². The Labute approximate surface area is 158 Å². The van der Waals surface area contributed by atoms with E-state index in [4.69, 9.17) is 9.26 Å². The second-order valence-electron chi connectivity index (χ2n) is 8.65. The first-order valence-corrected chi connectivity index (χ1v) is 9.41. The van der Waals surface area contributed by atoms with Crippen LogP contribution in [-0.4, -0.2) is 62.6 Å². The summed E-state index contributed by atoms with van der Waals surface area (Å²) in [4.78, 5) is 34.0. The van der Waals surface area contributed by atoms with Crippen LogP contribution < -0.4 is 0 Å². The van der Waals surface area contributed by atoms with E-state index in [0.29, 0.717) is 24.7 Å². The van der Waals surface area contributed by atoms with E-state index < -0.39 is 17.4 Å². The molecule has 3 aliphatic heterocycles. The number of hydrogen-bond acceptors (Lipinski definition) is 6. The van der Waals surface area contributed by atoms with E-state index in [0.717, 1.165) is 0 Å². The molecule has 1 aromatic heterocycles. The number of amides is 2. The van der Waals surface area contributed by atoms with Gasteiger partial charge < -0.3 is 19.1 Å². The van der Waals surface area contributed by atoms with Gasteiger partial charge >= 0.3 is 0 Å². The fraction of sp³-hybridized carbons (Fsp3) is 0.684. The molecule has 2 fully saturated rings. The van der Waals surface area contributed by atoms with E-state index in [2.05, 4.69) is 10.1 Å². The molecule has 2 saturated heterocycles. The molecule has 3 aliphatic rings. The number of fused-ring (bicyclic) bond motifs is 1. The molecule has 8 nitrogen and oxygen atoms in total. The Kier molecular flexibility index (Phi) is 3.96. The van der Waals surface area contributed by atoms with E-state index in [1.807, 2.05) is 44.7 Å². The monoisotopic (exact) mass is 374 g/mol. The minimum atomic E-state index is -0.684. The number of carbonyl (C=O) groups excluding carboxylic acids is 2. The predicted octanol–water partition coefficient (Wildman–Crippen LogP) is 1.17.